The van der Waals surface area contributed by atoms with E-state index in [2.05, 4.69) is 37.4 Å². The zero-order valence-corrected chi connectivity index (χ0v) is 16.1. The summed E-state index contributed by atoms with van der Waals surface area (Å²) in [6.07, 6.45) is 2.00. The Morgan fingerprint density at radius 2 is 1.30 bits per heavy atom. The molecule has 0 aromatic heterocycles. The predicted molar refractivity (Wildman–Crippen MR) is 107 cm³/mol. The van der Waals surface area contributed by atoms with Gasteiger partial charge in [0.15, 0.2) is 0 Å². The van der Waals surface area contributed by atoms with Crippen molar-refractivity contribution < 1.29 is 14.2 Å². The molecule has 0 fully saturated rings. The highest BCUT2D eigenvalue weighted by molar-refractivity contribution is 5.43. The maximum absolute atomic E-state index is 5.96. The molecule has 0 aliphatic carbocycles. The minimum Gasteiger partial charge on any atom is -0.485 e. The molecule has 3 heteroatoms. The maximum Gasteiger partial charge on any atom is 0.123 e. The first-order valence-corrected chi connectivity index (χ1v) is 9.45. The SMILES string of the molecule is C=C(C)C1Cc2cc(COCc3ccc4c(c3)CC(C(=C)C)O4)ccc2O1. The summed E-state index contributed by atoms with van der Waals surface area (Å²) in [5.74, 6) is 1.94. The van der Waals surface area contributed by atoms with Crippen molar-refractivity contribution in [3.05, 3.63) is 83.0 Å². The third-order valence-electron chi connectivity index (χ3n) is 5.24. The van der Waals surface area contributed by atoms with Crippen LogP contribution in [0.5, 0.6) is 11.5 Å². The first-order valence-electron chi connectivity index (χ1n) is 9.45. The molecule has 0 radical (unpaired) electrons. The van der Waals surface area contributed by atoms with Crippen LogP contribution in [-0.2, 0) is 30.8 Å². The van der Waals surface area contributed by atoms with Gasteiger partial charge < -0.3 is 14.2 Å². The van der Waals surface area contributed by atoms with Gasteiger partial charge in [0.05, 0.1) is 13.2 Å². The number of fused-ring (bicyclic) bond motifs is 2. The second-order valence-corrected chi connectivity index (χ2v) is 7.69. The summed E-state index contributed by atoms with van der Waals surface area (Å²) in [5.41, 5.74) is 6.96. The Hall–Kier alpha value is -2.52. The lowest BCUT2D eigenvalue weighted by Gasteiger charge is -2.09. The fourth-order valence-electron chi connectivity index (χ4n) is 3.62. The Kier molecular flexibility index (Phi) is 4.79. The Balaban J connectivity index is 1.34. The molecular formula is C24H26O3. The molecule has 2 unspecified atom stereocenters. The zero-order chi connectivity index (χ0) is 19.0. The van der Waals surface area contributed by atoms with E-state index >= 15 is 0 Å². The Labute approximate surface area is 161 Å². The van der Waals surface area contributed by atoms with E-state index in [1.165, 1.54) is 22.3 Å². The standard InChI is InChI=1S/C24H26O3/c1-15(2)23-11-19-9-17(5-7-21(19)26-23)13-25-14-18-6-8-22-20(10-18)12-24(27-22)16(3)4/h5-10,23-24H,1,3,11-14H2,2,4H3. The highest BCUT2D eigenvalue weighted by Crippen LogP contribution is 2.33. The van der Waals surface area contributed by atoms with Gasteiger partial charge in [-0.15, -0.1) is 0 Å². The normalized spacial score (nSPS) is 19.8. The average molecular weight is 362 g/mol. The fourth-order valence-corrected chi connectivity index (χ4v) is 3.62. The van der Waals surface area contributed by atoms with Gasteiger partial charge in [0.25, 0.3) is 0 Å². The third kappa shape index (κ3) is 3.79. The molecule has 2 aromatic rings. The van der Waals surface area contributed by atoms with Crippen LogP contribution in [0.15, 0.2) is 60.7 Å². The molecule has 2 aliphatic heterocycles. The Bertz CT molecular complexity index is 823. The Morgan fingerprint density at radius 3 is 1.70 bits per heavy atom. The summed E-state index contributed by atoms with van der Waals surface area (Å²) < 4.78 is 17.8. The number of hydrogen-bond donors (Lipinski definition) is 0. The molecule has 0 N–H and O–H groups in total. The van der Waals surface area contributed by atoms with Crippen LogP contribution in [0, 0.1) is 0 Å². The largest absolute Gasteiger partial charge is 0.485 e. The molecule has 140 valence electrons. The van der Waals surface area contributed by atoms with Gasteiger partial charge in [0.1, 0.15) is 23.7 Å². The maximum atomic E-state index is 5.96. The van der Waals surface area contributed by atoms with Crippen LogP contribution in [0.3, 0.4) is 0 Å². The van der Waals surface area contributed by atoms with Crippen molar-refractivity contribution in [3.8, 4) is 11.5 Å². The van der Waals surface area contributed by atoms with Crippen LogP contribution >= 0.6 is 0 Å². The first kappa shape index (κ1) is 17.9. The molecule has 2 atom stereocenters. The van der Waals surface area contributed by atoms with E-state index in [0.717, 1.165) is 35.5 Å². The van der Waals surface area contributed by atoms with Gasteiger partial charge in [-0.25, -0.2) is 0 Å². The molecule has 0 saturated carbocycles. The second kappa shape index (κ2) is 7.24. The fraction of sp³-hybridized carbons (Fsp3) is 0.333. The van der Waals surface area contributed by atoms with Crippen molar-refractivity contribution in [1.29, 1.82) is 0 Å². The second-order valence-electron chi connectivity index (χ2n) is 7.69. The van der Waals surface area contributed by atoms with E-state index in [9.17, 15) is 0 Å². The topological polar surface area (TPSA) is 27.7 Å². The van der Waals surface area contributed by atoms with Crippen molar-refractivity contribution >= 4 is 0 Å². The van der Waals surface area contributed by atoms with E-state index in [4.69, 9.17) is 14.2 Å². The van der Waals surface area contributed by atoms with Crippen LogP contribution in [-0.4, -0.2) is 12.2 Å². The summed E-state index contributed by atoms with van der Waals surface area (Å²) in [7, 11) is 0. The van der Waals surface area contributed by atoms with Gasteiger partial charge in [-0.3, -0.25) is 0 Å². The molecule has 2 heterocycles. The average Bonchev–Trinajstić information content (AvgIpc) is 3.25. The summed E-state index contributed by atoms with van der Waals surface area (Å²) >= 11 is 0. The third-order valence-corrected chi connectivity index (χ3v) is 5.24. The van der Waals surface area contributed by atoms with Crippen molar-refractivity contribution in [3.63, 3.8) is 0 Å². The van der Waals surface area contributed by atoms with Crippen LogP contribution in [0.4, 0.5) is 0 Å². The number of rotatable bonds is 6. The smallest absolute Gasteiger partial charge is 0.123 e. The lowest BCUT2D eigenvalue weighted by molar-refractivity contribution is 0.107. The van der Waals surface area contributed by atoms with Gasteiger partial charge in [-0.2, -0.15) is 0 Å². The highest BCUT2D eigenvalue weighted by Gasteiger charge is 2.24. The monoisotopic (exact) mass is 362 g/mol. The van der Waals surface area contributed by atoms with Crippen molar-refractivity contribution in [2.24, 2.45) is 0 Å². The highest BCUT2D eigenvalue weighted by atomic mass is 16.5. The van der Waals surface area contributed by atoms with Crippen LogP contribution in [0.25, 0.3) is 0 Å². The van der Waals surface area contributed by atoms with E-state index in [1.54, 1.807) is 0 Å². The molecular weight excluding hydrogens is 336 g/mol. The molecule has 2 aliphatic rings. The zero-order valence-electron chi connectivity index (χ0n) is 16.1. The number of ether oxygens (including phenoxy) is 3. The van der Waals surface area contributed by atoms with Gasteiger partial charge in [0, 0.05) is 12.8 Å². The van der Waals surface area contributed by atoms with Crippen molar-refractivity contribution in [1.82, 2.24) is 0 Å². The lowest BCUT2D eigenvalue weighted by atomic mass is 10.0. The van der Waals surface area contributed by atoms with Crippen LogP contribution < -0.4 is 9.47 Å². The summed E-state index contributed by atoms with van der Waals surface area (Å²) in [4.78, 5) is 0. The van der Waals surface area contributed by atoms with Gasteiger partial charge in [-0.1, -0.05) is 25.3 Å². The lowest BCUT2D eigenvalue weighted by Crippen LogP contribution is -2.13. The number of hydrogen-bond acceptors (Lipinski definition) is 3. The van der Waals surface area contributed by atoms with E-state index in [1.807, 2.05) is 26.0 Å². The van der Waals surface area contributed by atoms with E-state index in [0.29, 0.717) is 13.2 Å². The van der Waals surface area contributed by atoms with E-state index in [-0.39, 0.29) is 12.2 Å². The predicted octanol–water partition coefficient (Wildman–Crippen LogP) is 5.16. The Morgan fingerprint density at radius 1 is 0.852 bits per heavy atom. The summed E-state index contributed by atoms with van der Waals surface area (Å²) in [5, 5.41) is 0. The molecule has 0 spiro atoms. The molecule has 0 saturated heterocycles. The molecule has 2 aromatic carbocycles. The van der Waals surface area contributed by atoms with Crippen LogP contribution in [0.2, 0.25) is 0 Å². The first-order chi connectivity index (χ1) is 13.0. The van der Waals surface area contributed by atoms with E-state index < -0.39 is 0 Å². The molecule has 0 amide bonds. The van der Waals surface area contributed by atoms with Crippen molar-refractivity contribution in [2.45, 2.75) is 52.1 Å². The molecule has 4 rings (SSSR count). The molecule has 27 heavy (non-hydrogen) atoms. The van der Waals surface area contributed by atoms with Gasteiger partial charge in [0.2, 0.25) is 0 Å². The molecule has 0 bridgehead atoms. The van der Waals surface area contributed by atoms with Gasteiger partial charge >= 0.3 is 0 Å². The summed E-state index contributed by atoms with van der Waals surface area (Å²) in [6.45, 7) is 13.2. The quantitative estimate of drug-likeness (QED) is 0.664. The van der Waals surface area contributed by atoms with Gasteiger partial charge in [-0.05, 0) is 71.5 Å². The number of benzene rings is 2. The minimum absolute atomic E-state index is 0.104. The minimum atomic E-state index is 0.104. The van der Waals surface area contributed by atoms with Crippen molar-refractivity contribution in [2.75, 3.05) is 0 Å². The molecule has 3 nitrogen and oxygen atoms in total. The summed E-state index contributed by atoms with van der Waals surface area (Å²) in [6, 6.07) is 12.6. The van der Waals surface area contributed by atoms with Crippen LogP contribution in [0.1, 0.15) is 36.1 Å².